The molecule has 28 heavy (non-hydrogen) atoms. The van der Waals surface area contributed by atoms with Crippen molar-refractivity contribution in [2.75, 3.05) is 26.0 Å². The lowest BCUT2D eigenvalue weighted by Gasteiger charge is -2.30. The van der Waals surface area contributed by atoms with Crippen molar-refractivity contribution in [2.45, 2.75) is 31.8 Å². The van der Waals surface area contributed by atoms with E-state index in [4.69, 9.17) is 0 Å². The fraction of sp³-hybridized carbons (Fsp3) is 0.364. The maximum Gasteiger partial charge on any atom is 0.276 e. The minimum atomic E-state index is 0.0298. The number of aromatic nitrogens is 3. The number of nitrogens with one attached hydrogen (secondary N) is 1. The van der Waals surface area contributed by atoms with Gasteiger partial charge in [-0.05, 0) is 56.1 Å². The predicted octanol–water partition coefficient (Wildman–Crippen LogP) is 2.62. The summed E-state index contributed by atoms with van der Waals surface area (Å²) in [5.74, 6) is 0.646. The van der Waals surface area contributed by atoms with E-state index in [1.54, 1.807) is 10.9 Å². The van der Waals surface area contributed by atoms with Crippen LogP contribution in [0.25, 0.3) is 5.82 Å². The molecule has 0 fully saturated rings. The lowest BCUT2D eigenvalue weighted by Crippen LogP contribution is -2.37. The monoisotopic (exact) mass is 377 g/mol. The van der Waals surface area contributed by atoms with Gasteiger partial charge in [-0.15, -0.1) is 0 Å². The third-order valence-corrected chi connectivity index (χ3v) is 5.63. The minimum absolute atomic E-state index is 0.0298. The molecule has 0 radical (unpaired) electrons. The second kappa shape index (κ2) is 7.64. The van der Waals surface area contributed by atoms with E-state index in [0.29, 0.717) is 11.9 Å². The van der Waals surface area contributed by atoms with Gasteiger partial charge in [0.1, 0.15) is 0 Å². The molecular weight excluding hydrogens is 350 g/mol. The van der Waals surface area contributed by atoms with Crippen LogP contribution in [0.1, 0.15) is 23.2 Å². The van der Waals surface area contributed by atoms with Crippen molar-refractivity contribution in [3.8, 4) is 5.82 Å². The second-order valence-corrected chi connectivity index (χ2v) is 7.77. The van der Waals surface area contributed by atoms with E-state index < -0.39 is 0 Å². The summed E-state index contributed by atoms with van der Waals surface area (Å²) < 4.78 is 1.58. The third-order valence-electron chi connectivity index (χ3n) is 5.63. The maximum atomic E-state index is 12.9. The van der Waals surface area contributed by atoms with Gasteiger partial charge in [-0.1, -0.05) is 18.2 Å². The normalized spacial score (nSPS) is 16.2. The number of likely N-dealkylation sites (N-methyl/N-ethyl adjacent to an activating group) is 1. The van der Waals surface area contributed by atoms with Crippen LogP contribution in [0.2, 0.25) is 0 Å². The van der Waals surface area contributed by atoms with Gasteiger partial charge in [-0.2, -0.15) is 0 Å². The number of aromatic amines is 1. The van der Waals surface area contributed by atoms with Crippen molar-refractivity contribution in [3.05, 3.63) is 75.8 Å². The number of anilines is 1. The fourth-order valence-corrected chi connectivity index (χ4v) is 3.92. The number of nitrogens with zero attached hydrogens (tertiary/aromatic N) is 4. The zero-order chi connectivity index (χ0) is 19.7. The third kappa shape index (κ3) is 3.60. The van der Waals surface area contributed by atoms with Crippen LogP contribution in [0.5, 0.6) is 0 Å². The summed E-state index contributed by atoms with van der Waals surface area (Å²) >= 11 is 0. The highest BCUT2D eigenvalue weighted by molar-refractivity contribution is 5.46. The van der Waals surface area contributed by atoms with Crippen LogP contribution in [0.4, 0.5) is 5.69 Å². The van der Waals surface area contributed by atoms with Crippen molar-refractivity contribution >= 4 is 5.69 Å². The molecule has 0 aliphatic heterocycles. The summed E-state index contributed by atoms with van der Waals surface area (Å²) in [5.41, 5.74) is 4.48. The van der Waals surface area contributed by atoms with Crippen LogP contribution >= 0.6 is 0 Å². The van der Waals surface area contributed by atoms with Crippen LogP contribution in [-0.4, -0.2) is 46.8 Å². The molecule has 0 saturated heterocycles. The zero-order valence-electron chi connectivity index (χ0n) is 16.7. The summed E-state index contributed by atoms with van der Waals surface area (Å²) in [6, 6.07) is 14.6. The van der Waals surface area contributed by atoms with Gasteiger partial charge in [0.15, 0.2) is 5.82 Å². The van der Waals surface area contributed by atoms with Crippen LogP contribution < -0.4 is 10.5 Å². The molecule has 1 atom stereocenters. The van der Waals surface area contributed by atoms with Gasteiger partial charge in [0.2, 0.25) is 0 Å². The molecule has 6 heteroatoms. The Balaban J connectivity index is 1.49. The SMILES string of the molecule is CN(C)c1ccc(CN(C)C2CCc3[nH]n(-c4ccccn4)c(=O)c3C2)cc1. The van der Waals surface area contributed by atoms with E-state index in [1.165, 1.54) is 11.3 Å². The number of pyridine rings is 1. The van der Waals surface area contributed by atoms with E-state index in [0.717, 1.165) is 37.1 Å². The molecule has 0 spiro atoms. The first-order chi connectivity index (χ1) is 13.5. The Hall–Kier alpha value is -2.86. The standard InChI is InChI=1S/C22H27N5O/c1-25(2)17-9-7-16(8-10-17)15-26(3)18-11-12-20-19(14-18)22(28)27(24-20)21-6-4-5-13-23-21/h4-10,13,18,24H,11-12,14-15H2,1-3H3. The van der Waals surface area contributed by atoms with E-state index in [-0.39, 0.29) is 5.56 Å². The fourth-order valence-electron chi connectivity index (χ4n) is 3.92. The Labute approximate surface area is 165 Å². The molecule has 1 N–H and O–H groups in total. The average molecular weight is 377 g/mol. The van der Waals surface area contributed by atoms with Gasteiger partial charge in [0.05, 0.1) is 0 Å². The number of benzene rings is 1. The molecule has 6 nitrogen and oxygen atoms in total. The Bertz CT molecular complexity index is 988. The molecule has 146 valence electrons. The van der Waals surface area contributed by atoms with Gasteiger partial charge < -0.3 is 4.90 Å². The highest BCUT2D eigenvalue weighted by Gasteiger charge is 2.27. The largest absolute Gasteiger partial charge is 0.378 e. The van der Waals surface area contributed by atoms with Crippen LogP contribution in [0, 0.1) is 0 Å². The molecule has 2 aromatic heterocycles. The number of hydrogen-bond donors (Lipinski definition) is 1. The van der Waals surface area contributed by atoms with E-state index in [2.05, 4.69) is 65.3 Å². The van der Waals surface area contributed by atoms with Crippen molar-refractivity contribution < 1.29 is 0 Å². The van der Waals surface area contributed by atoms with E-state index in [9.17, 15) is 4.79 Å². The summed E-state index contributed by atoms with van der Waals surface area (Å²) in [5, 5.41) is 3.26. The van der Waals surface area contributed by atoms with Crippen LogP contribution in [0.15, 0.2) is 53.5 Å². The van der Waals surface area contributed by atoms with Crippen molar-refractivity contribution in [2.24, 2.45) is 0 Å². The molecule has 0 bridgehead atoms. The Morgan fingerprint density at radius 3 is 2.61 bits per heavy atom. The number of fused-ring (bicyclic) bond motifs is 1. The molecular formula is C22H27N5O. The second-order valence-electron chi connectivity index (χ2n) is 7.77. The van der Waals surface area contributed by atoms with E-state index >= 15 is 0 Å². The summed E-state index contributed by atoms with van der Waals surface area (Å²) in [6.07, 6.45) is 4.41. The average Bonchev–Trinajstić information content (AvgIpc) is 3.05. The molecule has 1 unspecified atom stereocenters. The highest BCUT2D eigenvalue weighted by Crippen LogP contribution is 2.23. The Morgan fingerprint density at radius 2 is 1.93 bits per heavy atom. The predicted molar refractivity (Wildman–Crippen MR) is 112 cm³/mol. The smallest absolute Gasteiger partial charge is 0.276 e. The first kappa shape index (κ1) is 18.5. The van der Waals surface area contributed by atoms with Crippen molar-refractivity contribution in [1.29, 1.82) is 0 Å². The zero-order valence-corrected chi connectivity index (χ0v) is 16.7. The topological polar surface area (TPSA) is 57.2 Å². The molecule has 1 aliphatic carbocycles. The first-order valence-electron chi connectivity index (χ1n) is 9.73. The van der Waals surface area contributed by atoms with Gasteiger partial charge >= 0.3 is 0 Å². The summed E-state index contributed by atoms with van der Waals surface area (Å²) in [7, 11) is 6.25. The molecule has 0 amide bonds. The minimum Gasteiger partial charge on any atom is -0.378 e. The molecule has 2 heterocycles. The summed E-state index contributed by atoms with van der Waals surface area (Å²) in [6.45, 7) is 0.882. The van der Waals surface area contributed by atoms with Crippen LogP contribution in [0.3, 0.4) is 0 Å². The number of rotatable bonds is 5. The highest BCUT2D eigenvalue weighted by atomic mass is 16.1. The molecule has 3 aromatic rings. The number of aryl methyl sites for hydroxylation is 1. The number of H-pyrrole nitrogens is 1. The van der Waals surface area contributed by atoms with Crippen molar-refractivity contribution in [3.63, 3.8) is 0 Å². The van der Waals surface area contributed by atoms with Gasteiger partial charge in [-0.25, -0.2) is 9.67 Å². The van der Waals surface area contributed by atoms with Crippen molar-refractivity contribution in [1.82, 2.24) is 19.7 Å². The quantitative estimate of drug-likeness (QED) is 0.743. The lowest BCUT2D eigenvalue weighted by molar-refractivity contribution is 0.213. The molecule has 1 aliphatic rings. The maximum absolute atomic E-state index is 12.9. The van der Waals surface area contributed by atoms with E-state index in [1.807, 2.05) is 18.2 Å². The number of hydrogen-bond acceptors (Lipinski definition) is 4. The van der Waals surface area contributed by atoms with Gasteiger partial charge in [0, 0.05) is 49.8 Å². The van der Waals surface area contributed by atoms with Crippen LogP contribution in [-0.2, 0) is 19.4 Å². The van der Waals surface area contributed by atoms with Gasteiger partial charge in [-0.3, -0.25) is 14.8 Å². The Kier molecular flexibility index (Phi) is 5.05. The molecule has 4 rings (SSSR count). The molecule has 1 aromatic carbocycles. The first-order valence-corrected chi connectivity index (χ1v) is 9.73. The lowest BCUT2D eigenvalue weighted by atomic mass is 9.92. The Morgan fingerprint density at radius 1 is 1.14 bits per heavy atom. The van der Waals surface area contributed by atoms with Gasteiger partial charge in [0.25, 0.3) is 5.56 Å². The summed E-state index contributed by atoms with van der Waals surface area (Å²) in [4.78, 5) is 21.7. The molecule has 0 saturated carbocycles.